The maximum atomic E-state index is 12.0. The number of rotatable bonds is 7. The van der Waals surface area contributed by atoms with Crippen LogP contribution < -0.4 is 16.4 Å². The molecule has 0 saturated heterocycles. The van der Waals surface area contributed by atoms with Crippen LogP contribution in [0.3, 0.4) is 0 Å². The molecule has 0 aromatic heterocycles. The second-order valence-corrected chi connectivity index (χ2v) is 6.75. The van der Waals surface area contributed by atoms with Crippen LogP contribution in [0.1, 0.15) is 44.4 Å². The molecule has 1 unspecified atom stereocenters. The largest absolute Gasteiger partial charge is 0.469 e. The van der Waals surface area contributed by atoms with Crippen LogP contribution in [0, 0.1) is 0 Å². The molecule has 0 spiro atoms. The molecule has 7 nitrogen and oxygen atoms in total. The Hall–Kier alpha value is -2.41. The van der Waals surface area contributed by atoms with Gasteiger partial charge in [-0.1, -0.05) is 45.0 Å². The van der Waals surface area contributed by atoms with Gasteiger partial charge in [0.05, 0.1) is 32.7 Å². The van der Waals surface area contributed by atoms with Gasteiger partial charge in [-0.05, 0) is 16.5 Å². The first-order valence-electron chi connectivity index (χ1n) is 8.10. The molecule has 25 heavy (non-hydrogen) atoms. The topological polar surface area (TPSA) is 111 Å². The van der Waals surface area contributed by atoms with Crippen LogP contribution in [0.2, 0.25) is 0 Å². The summed E-state index contributed by atoms with van der Waals surface area (Å²) in [5, 5.41) is 5.13. The van der Waals surface area contributed by atoms with Crippen LogP contribution in [0.25, 0.3) is 0 Å². The Morgan fingerprint density at radius 3 is 2.20 bits per heavy atom. The summed E-state index contributed by atoms with van der Waals surface area (Å²) in [7, 11) is 1.30. The smallest absolute Gasteiger partial charge is 0.307 e. The zero-order valence-electron chi connectivity index (χ0n) is 15.2. The minimum Gasteiger partial charge on any atom is -0.469 e. The lowest BCUT2D eigenvalue weighted by atomic mass is 9.86. The summed E-state index contributed by atoms with van der Waals surface area (Å²) in [5.41, 5.74) is 7.12. The highest BCUT2D eigenvalue weighted by Gasteiger charge is 2.20. The molecule has 4 N–H and O–H groups in total. The first kappa shape index (κ1) is 20.6. The molecule has 138 valence electrons. The van der Waals surface area contributed by atoms with Crippen molar-refractivity contribution in [2.45, 2.75) is 38.6 Å². The Morgan fingerprint density at radius 2 is 1.72 bits per heavy atom. The molecule has 0 aliphatic heterocycles. The molecule has 7 heteroatoms. The van der Waals surface area contributed by atoms with Crippen molar-refractivity contribution in [1.29, 1.82) is 0 Å². The zero-order chi connectivity index (χ0) is 19.0. The van der Waals surface area contributed by atoms with Gasteiger partial charge >= 0.3 is 5.97 Å². The third-order valence-electron chi connectivity index (χ3n) is 3.74. The molecule has 1 aromatic rings. The van der Waals surface area contributed by atoms with Crippen LogP contribution in [0.5, 0.6) is 0 Å². The van der Waals surface area contributed by atoms with Gasteiger partial charge in [-0.3, -0.25) is 14.4 Å². The molecular weight excluding hydrogens is 322 g/mol. The number of carbonyl (C=O) groups is 3. The molecular formula is C18H27N3O4. The highest BCUT2D eigenvalue weighted by molar-refractivity contribution is 5.86. The Labute approximate surface area is 148 Å². The maximum Gasteiger partial charge on any atom is 0.307 e. The zero-order valence-corrected chi connectivity index (χ0v) is 15.2. The number of hydrogen-bond acceptors (Lipinski definition) is 5. The van der Waals surface area contributed by atoms with Gasteiger partial charge < -0.3 is 21.1 Å². The minimum atomic E-state index is -0.538. The molecule has 1 rings (SSSR count). The minimum absolute atomic E-state index is 0.00192. The Morgan fingerprint density at radius 1 is 1.12 bits per heavy atom. The lowest BCUT2D eigenvalue weighted by molar-refractivity contribution is -0.141. The normalized spacial score (nSPS) is 12.2. The van der Waals surface area contributed by atoms with Gasteiger partial charge in [-0.25, -0.2) is 0 Å². The molecule has 0 radical (unpaired) electrons. The standard InChI is InChI=1S/C18H27N3O4/c1-18(2,3)13-7-5-12(6-8-13)14(9-17(24)25-4)21-16(23)11-20-15(22)10-19/h5-8,14H,9-11,19H2,1-4H3,(H,20,22)(H,21,23). The average Bonchev–Trinajstić information content (AvgIpc) is 2.58. The van der Waals surface area contributed by atoms with E-state index in [0.29, 0.717) is 0 Å². The fraction of sp³-hybridized carbons (Fsp3) is 0.500. The van der Waals surface area contributed by atoms with Gasteiger partial charge in [-0.2, -0.15) is 0 Å². The van der Waals surface area contributed by atoms with E-state index in [1.54, 1.807) is 0 Å². The highest BCUT2D eigenvalue weighted by Crippen LogP contribution is 2.25. The Kier molecular flexibility index (Phi) is 7.57. The number of benzene rings is 1. The van der Waals surface area contributed by atoms with E-state index < -0.39 is 23.8 Å². The van der Waals surface area contributed by atoms with Gasteiger partial charge in [0.15, 0.2) is 0 Å². The predicted octanol–water partition coefficient (Wildman–Crippen LogP) is 0.779. The van der Waals surface area contributed by atoms with E-state index in [1.165, 1.54) is 7.11 Å². The van der Waals surface area contributed by atoms with Crippen molar-refractivity contribution < 1.29 is 19.1 Å². The second kappa shape index (κ2) is 9.17. The number of amides is 2. The summed E-state index contributed by atoms with van der Waals surface area (Å²) in [6.07, 6.45) is 0.00192. The molecule has 1 aromatic carbocycles. The van der Waals surface area contributed by atoms with Crippen LogP contribution >= 0.6 is 0 Å². The van der Waals surface area contributed by atoms with Crippen molar-refractivity contribution in [2.24, 2.45) is 5.73 Å². The lowest BCUT2D eigenvalue weighted by Crippen LogP contribution is -2.41. The average molecular weight is 349 g/mol. The SMILES string of the molecule is COC(=O)CC(NC(=O)CNC(=O)CN)c1ccc(C(C)(C)C)cc1. The molecule has 0 heterocycles. The molecule has 0 saturated carbocycles. The first-order chi connectivity index (χ1) is 11.7. The van der Waals surface area contributed by atoms with Crippen molar-refractivity contribution in [3.63, 3.8) is 0 Å². The number of esters is 1. The van der Waals surface area contributed by atoms with Gasteiger partial charge in [0.2, 0.25) is 11.8 Å². The molecule has 2 amide bonds. The lowest BCUT2D eigenvalue weighted by Gasteiger charge is -2.22. The number of carbonyl (C=O) groups excluding carboxylic acids is 3. The summed E-state index contributed by atoms with van der Waals surface area (Å²) in [4.78, 5) is 34.8. The number of nitrogens with one attached hydrogen (secondary N) is 2. The van der Waals surface area contributed by atoms with E-state index in [2.05, 4.69) is 31.4 Å². The van der Waals surface area contributed by atoms with E-state index in [9.17, 15) is 14.4 Å². The van der Waals surface area contributed by atoms with E-state index >= 15 is 0 Å². The van der Waals surface area contributed by atoms with Gasteiger partial charge in [0.25, 0.3) is 0 Å². The molecule has 0 bridgehead atoms. The Balaban J connectivity index is 2.87. The fourth-order valence-electron chi connectivity index (χ4n) is 2.21. The molecule has 0 aliphatic rings. The van der Waals surface area contributed by atoms with Crippen molar-refractivity contribution in [3.05, 3.63) is 35.4 Å². The van der Waals surface area contributed by atoms with Gasteiger partial charge in [0, 0.05) is 0 Å². The van der Waals surface area contributed by atoms with Crippen LogP contribution in [0.4, 0.5) is 0 Å². The summed E-state index contributed by atoms with van der Waals surface area (Å²) in [5.74, 6) is -1.26. The highest BCUT2D eigenvalue weighted by atomic mass is 16.5. The molecule has 1 atom stereocenters. The summed E-state index contributed by atoms with van der Waals surface area (Å²) < 4.78 is 4.70. The van der Waals surface area contributed by atoms with Crippen molar-refractivity contribution >= 4 is 17.8 Å². The van der Waals surface area contributed by atoms with Crippen molar-refractivity contribution in [1.82, 2.24) is 10.6 Å². The van der Waals surface area contributed by atoms with Crippen LogP contribution in [0.15, 0.2) is 24.3 Å². The van der Waals surface area contributed by atoms with E-state index in [-0.39, 0.29) is 24.9 Å². The summed E-state index contributed by atoms with van der Waals surface area (Å²) in [6.45, 7) is 5.93. The van der Waals surface area contributed by atoms with Gasteiger partial charge in [-0.15, -0.1) is 0 Å². The second-order valence-electron chi connectivity index (χ2n) is 6.75. The summed E-state index contributed by atoms with van der Waals surface area (Å²) >= 11 is 0. The molecule has 0 aliphatic carbocycles. The van der Waals surface area contributed by atoms with E-state index in [1.807, 2.05) is 24.3 Å². The molecule has 0 fully saturated rings. The van der Waals surface area contributed by atoms with E-state index in [4.69, 9.17) is 10.5 Å². The number of hydrogen-bond donors (Lipinski definition) is 3. The van der Waals surface area contributed by atoms with Crippen LogP contribution in [-0.4, -0.2) is 38.0 Å². The maximum absolute atomic E-state index is 12.0. The fourth-order valence-corrected chi connectivity index (χ4v) is 2.21. The first-order valence-corrected chi connectivity index (χ1v) is 8.10. The third kappa shape index (κ3) is 6.93. The van der Waals surface area contributed by atoms with Gasteiger partial charge in [0.1, 0.15) is 0 Å². The number of nitrogens with two attached hydrogens (primary N) is 1. The van der Waals surface area contributed by atoms with Crippen molar-refractivity contribution in [3.8, 4) is 0 Å². The number of methoxy groups -OCH3 is 1. The monoisotopic (exact) mass is 349 g/mol. The quantitative estimate of drug-likeness (QED) is 0.630. The predicted molar refractivity (Wildman–Crippen MR) is 94.7 cm³/mol. The third-order valence-corrected chi connectivity index (χ3v) is 3.74. The summed E-state index contributed by atoms with van der Waals surface area (Å²) in [6, 6.07) is 7.17. The van der Waals surface area contributed by atoms with E-state index in [0.717, 1.165) is 11.1 Å². The van der Waals surface area contributed by atoms with Crippen molar-refractivity contribution in [2.75, 3.05) is 20.2 Å². The number of ether oxygens (including phenoxy) is 1. The van der Waals surface area contributed by atoms with Crippen LogP contribution in [-0.2, 0) is 24.5 Å². The Bertz CT molecular complexity index is 606.